The van der Waals surface area contributed by atoms with Crippen molar-refractivity contribution in [3.05, 3.63) is 23.2 Å². The lowest BCUT2D eigenvalue weighted by Gasteiger charge is -2.27. The molecule has 1 aromatic carbocycles. The Balaban J connectivity index is 1.65. The molecule has 2 aliphatic heterocycles. The molecule has 1 aromatic rings. The molecule has 0 spiro atoms. The van der Waals surface area contributed by atoms with Gasteiger partial charge in [0.05, 0.1) is 12.5 Å². The topological polar surface area (TPSA) is 83.9 Å². The van der Waals surface area contributed by atoms with E-state index in [1.165, 1.54) is 16.8 Å². The molecule has 0 aromatic heterocycles. The number of ether oxygens (including phenoxy) is 1. The quantitative estimate of drug-likeness (QED) is 0.794. The average Bonchev–Trinajstić information content (AvgIpc) is 3.13. The van der Waals surface area contributed by atoms with E-state index in [0.717, 1.165) is 12.8 Å². The predicted octanol–water partition coefficient (Wildman–Crippen LogP) is 3.15. The van der Waals surface area contributed by atoms with Crippen LogP contribution in [0.1, 0.15) is 38.5 Å². The van der Waals surface area contributed by atoms with Crippen molar-refractivity contribution in [1.29, 1.82) is 0 Å². The molecular weight excluding hydrogens is 378 g/mol. The zero-order valence-corrected chi connectivity index (χ0v) is 15.9. The number of carboxylic acid groups (broad SMARTS) is 1. The van der Waals surface area contributed by atoms with Crippen LogP contribution in [-0.4, -0.2) is 42.5 Å². The van der Waals surface area contributed by atoms with Crippen molar-refractivity contribution in [2.45, 2.75) is 55.5 Å². The molecule has 2 heterocycles. The van der Waals surface area contributed by atoms with E-state index < -0.39 is 28.0 Å². The lowest BCUT2D eigenvalue weighted by Crippen LogP contribution is -2.38. The Morgan fingerprint density at radius 3 is 2.65 bits per heavy atom. The van der Waals surface area contributed by atoms with Crippen molar-refractivity contribution < 1.29 is 23.1 Å². The van der Waals surface area contributed by atoms with E-state index in [1.807, 2.05) is 0 Å². The summed E-state index contributed by atoms with van der Waals surface area (Å²) in [6.45, 7) is 0.495. The minimum atomic E-state index is -3.87. The summed E-state index contributed by atoms with van der Waals surface area (Å²) in [4.78, 5) is 11.5. The minimum absolute atomic E-state index is 0.0484. The standard InChI is InChI=1S/C18H22ClNO5S/c19-12-4-7-16(25-10-11-2-1-3-11)17(8-12)26(23,24)20-13-5-6-15(20)14(9-13)18(21)22/h4,7-8,11,13-15H,1-3,5-6,9-10H2,(H,21,22). The van der Waals surface area contributed by atoms with Crippen LogP contribution in [0.15, 0.2) is 23.1 Å². The Morgan fingerprint density at radius 1 is 1.27 bits per heavy atom. The molecular formula is C18H22ClNO5S. The number of hydrogen-bond acceptors (Lipinski definition) is 4. The Bertz CT molecular complexity index is 823. The maximum absolute atomic E-state index is 13.4. The summed E-state index contributed by atoms with van der Waals surface area (Å²) in [6, 6.07) is 3.89. The third kappa shape index (κ3) is 3.00. The zero-order valence-electron chi connectivity index (χ0n) is 14.3. The van der Waals surface area contributed by atoms with Gasteiger partial charge >= 0.3 is 5.97 Å². The first kappa shape index (κ1) is 18.1. The van der Waals surface area contributed by atoms with E-state index in [0.29, 0.717) is 42.6 Å². The second-order valence-electron chi connectivity index (χ2n) is 7.51. The molecule has 3 unspecified atom stereocenters. The molecule has 0 amide bonds. The third-order valence-corrected chi connectivity index (χ3v) is 8.18. The van der Waals surface area contributed by atoms with Gasteiger partial charge < -0.3 is 9.84 Å². The fourth-order valence-electron chi connectivity index (χ4n) is 4.36. The Kier molecular flexibility index (Phi) is 4.65. The molecule has 0 radical (unpaired) electrons. The Labute approximate surface area is 158 Å². The number of fused-ring (bicyclic) bond motifs is 2. The number of hydrogen-bond donors (Lipinski definition) is 1. The lowest BCUT2D eigenvalue weighted by atomic mass is 9.86. The number of carbonyl (C=O) groups is 1. The number of aliphatic carboxylic acids is 1. The van der Waals surface area contributed by atoms with Gasteiger partial charge in [0.1, 0.15) is 10.6 Å². The van der Waals surface area contributed by atoms with E-state index in [-0.39, 0.29) is 10.9 Å². The molecule has 4 rings (SSSR count). The summed E-state index contributed by atoms with van der Waals surface area (Å²) >= 11 is 6.07. The van der Waals surface area contributed by atoms with Crippen LogP contribution in [0.2, 0.25) is 5.02 Å². The second-order valence-corrected chi connectivity index (χ2v) is 9.76. The normalized spacial score (nSPS) is 28.9. The van der Waals surface area contributed by atoms with Gasteiger partial charge in [-0.25, -0.2) is 8.42 Å². The van der Waals surface area contributed by atoms with E-state index in [9.17, 15) is 18.3 Å². The van der Waals surface area contributed by atoms with Crippen molar-refractivity contribution in [2.75, 3.05) is 6.61 Å². The molecule has 26 heavy (non-hydrogen) atoms. The summed E-state index contributed by atoms with van der Waals surface area (Å²) in [5.41, 5.74) is 0. The molecule has 1 aliphatic carbocycles. The van der Waals surface area contributed by atoms with Gasteiger partial charge in [0.2, 0.25) is 10.0 Å². The minimum Gasteiger partial charge on any atom is -0.492 e. The first-order valence-corrected chi connectivity index (χ1v) is 10.9. The molecule has 3 fully saturated rings. The Hall–Kier alpha value is -1.31. The summed E-state index contributed by atoms with van der Waals surface area (Å²) in [6.07, 6.45) is 5.05. The van der Waals surface area contributed by atoms with Crippen LogP contribution in [-0.2, 0) is 14.8 Å². The van der Waals surface area contributed by atoms with Crippen LogP contribution in [0.5, 0.6) is 5.75 Å². The maximum atomic E-state index is 13.4. The molecule has 6 nitrogen and oxygen atoms in total. The van der Waals surface area contributed by atoms with Crippen LogP contribution in [0.4, 0.5) is 0 Å². The van der Waals surface area contributed by atoms with Gasteiger partial charge in [0.25, 0.3) is 0 Å². The van der Waals surface area contributed by atoms with Crippen LogP contribution < -0.4 is 4.74 Å². The number of nitrogens with zero attached hydrogens (tertiary/aromatic N) is 1. The highest BCUT2D eigenvalue weighted by Gasteiger charge is 2.54. The number of halogens is 1. The summed E-state index contributed by atoms with van der Waals surface area (Å²) in [5, 5.41) is 9.72. The monoisotopic (exact) mass is 399 g/mol. The number of benzene rings is 1. The number of carboxylic acids is 1. The van der Waals surface area contributed by atoms with Gasteiger partial charge in [-0.1, -0.05) is 18.0 Å². The van der Waals surface area contributed by atoms with Crippen LogP contribution in [0.3, 0.4) is 0 Å². The number of sulfonamides is 1. The average molecular weight is 400 g/mol. The molecule has 3 aliphatic rings. The van der Waals surface area contributed by atoms with Gasteiger partial charge in [0, 0.05) is 17.1 Å². The van der Waals surface area contributed by atoms with E-state index in [1.54, 1.807) is 12.1 Å². The SMILES string of the molecule is O=C(O)C1CC2CCC1N2S(=O)(=O)c1cc(Cl)ccc1OCC1CCC1. The first-order chi connectivity index (χ1) is 12.4. The van der Waals surface area contributed by atoms with Gasteiger partial charge in [-0.3, -0.25) is 4.79 Å². The molecule has 2 saturated heterocycles. The molecule has 1 N–H and O–H groups in total. The predicted molar refractivity (Wildman–Crippen MR) is 95.9 cm³/mol. The first-order valence-electron chi connectivity index (χ1n) is 9.06. The van der Waals surface area contributed by atoms with Crippen molar-refractivity contribution >= 4 is 27.6 Å². The third-order valence-electron chi connectivity index (χ3n) is 5.95. The highest BCUT2D eigenvalue weighted by atomic mass is 35.5. The second kappa shape index (κ2) is 6.69. The molecule has 142 valence electrons. The zero-order chi connectivity index (χ0) is 18.5. The summed E-state index contributed by atoms with van der Waals surface area (Å²) in [7, 11) is -3.87. The molecule has 1 saturated carbocycles. The van der Waals surface area contributed by atoms with Gasteiger partial charge in [-0.2, -0.15) is 4.31 Å². The molecule has 8 heteroatoms. The van der Waals surface area contributed by atoms with E-state index in [4.69, 9.17) is 16.3 Å². The van der Waals surface area contributed by atoms with Gasteiger partial charge in [-0.15, -0.1) is 0 Å². The Morgan fingerprint density at radius 2 is 2.04 bits per heavy atom. The van der Waals surface area contributed by atoms with Crippen LogP contribution in [0, 0.1) is 11.8 Å². The highest BCUT2D eigenvalue weighted by Crippen LogP contribution is 2.46. The van der Waals surface area contributed by atoms with Crippen molar-refractivity contribution in [1.82, 2.24) is 4.31 Å². The summed E-state index contributed by atoms with van der Waals surface area (Å²) in [5.74, 6) is -0.785. The maximum Gasteiger partial charge on any atom is 0.308 e. The van der Waals surface area contributed by atoms with Gasteiger partial charge in [-0.05, 0) is 56.2 Å². The van der Waals surface area contributed by atoms with Crippen molar-refractivity contribution in [2.24, 2.45) is 11.8 Å². The smallest absolute Gasteiger partial charge is 0.308 e. The highest BCUT2D eigenvalue weighted by molar-refractivity contribution is 7.89. The molecule has 3 atom stereocenters. The fraction of sp³-hybridized carbons (Fsp3) is 0.611. The van der Waals surface area contributed by atoms with E-state index >= 15 is 0 Å². The van der Waals surface area contributed by atoms with Gasteiger partial charge in [0.15, 0.2) is 0 Å². The number of rotatable bonds is 6. The lowest BCUT2D eigenvalue weighted by molar-refractivity contribution is -0.142. The van der Waals surface area contributed by atoms with Crippen LogP contribution >= 0.6 is 11.6 Å². The molecule has 2 bridgehead atoms. The van der Waals surface area contributed by atoms with Crippen LogP contribution in [0.25, 0.3) is 0 Å². The summed E-state index contributed by atoms with van der Waals surface area (Å²) < 4.78 is 33.9. The fourth-order valence-corrected chi connectivity index (χ4v) is 6.68. The van der Waals surface area contributed by atoms with Crippen molar-refractivity contribution in [3.63, 3.8) is 0 Å². The van der Waals surface area contributed by atoms with Crippen molar-refractivity contribution in [3.8, 4) is 5.75 Å². The van der Waals surface area contributed by atoms with E-state index in [2.05, 4.69) is 0 Å². The largest absolute Gasteiger partial charge is 0.492 e.